The minimum atomic E-state index is -1.25. The summed E-state index contributed by atoms with van der Waals surface area (Å²) in [7, 11) is 0. The molecule has 0 saturated heterocycles. The predicted octanol–water partition coefficient (Wildman–Crippen LogP) is 0.512. The highest BCUT2D eigenvalue weighted by Gasteiger charge is 2.36. The summed E-state index contributed by atoms with van der Waals surface area (Å²) in [4.78, 5) is 26.5. The van der Waals surface area contributed by atoms with Gasteiger partial charge in [-0.1, -0.05) is 19.0 Å². The first-order chi connectivity index (χ1) is 8.54. The highest BCUT2D eigenvalue weighted by Crippen LogP contribution is 2.15. The van der Waals surface area contributed by atoms with E-state index in [-0.39, 0.29) is 6.54 Å². The number of hydrogen-bond acceptors (Lipinski definition) is 5. The molecule has 8 nitrogen and oxygen atoms in total. The Morgan fingerprint density at radius 2 is 2.11 bits per heavy atom. The molecule has 1 aromatic rings. The molecule has 0 saturated carbocycles. The fraction of sp³-hybridized carbons (Fsp3) is 0.600. The molecule has 1 aromatic heterocycles. The Hall–Kier alpha value is -2.12. The molecule has 0 radical (unpaired) electrons. The van der Waals surface area contributed by atoms with Crippen molar-refractivity contribution >= 4 is 12.0 Å². The molecule has 0 atom stereocenters. The zero-order valence-electron chi connectivity index (χ0n) is 10.3. The number of amides is 2. The number of carbonyl (C=O) groups is 2. The molecule has 0 aliphatic heterocycles. The van der Waals surface area contributed by atoms with E-state index in [4.69, 9.17) is 5.11 Å². The molecule has 1 heterocycles. The highest BCUT2D eigenvalue weighted by molar-refractivity contribution is 5.86. The molecule has 0 aliphatic rings. The minimum Gasteiger partial charge on any atom is -0.480 e. The molecule has 1 rings (SSSR count). The molecule has 0 spiro atoms. The van der Waals surface area contributed by atoms with E-state index in [1.807, 2.05) is 0 Å². The lowest BCUT2D eigenvalue weighted by Crippen LogP contribution is -2.56. The summed E-state index contributed by atoms with van der Waals surface area (Å²) in [5, 5.41) is 17.6. The molecule has 0 aliphatic carbocycles. The summed E-state index contributed by atoms with van der Waals surface area (Å²) in [6.07, 6.45) is 1.75. The van der Waals surface area contributed by atoms with Crippen LogP contribution in [0.4, 0.5) is 4.79 Å². The Morgan fingerprint density at radius 3 is 2.56 bits per heavy atom. The Balaban J connectivity index is 2.54. The van der Waals surface area contributed by atoms with Crippen LogP contribution in [-0.4, -0.2) is 32.8 Å². The first-order valence-corrected chi connectivity index (χ1v) is 5.58. The molecule has 2 amide bonds. The van der Waals surface area contributed by atoms with Crippen LogP contribution in [-0.2, 0) is 11.3 Å². The molecule has 100 valence electrons. The Labute approximate surface area is 104 Å². The lowest BCUT2D eigenvalue weighted by molar-refractivity contribution is -0.144. The van der Waals surface area contributed by atoms with E-state index in [0.717, 1.165) is 6.39 Å². The van der Waals surface area contributed by atoms with Crippen LogP contribution in [0.2, 0.25) is 0 Å². The standard InChI is InChI=1S/C10H16N4O4/c1-3-10(4-2,8(15)16)13-9(17)11-5-7-12-6-18-14-7/h6H,3-5H2,1-2H3,(H,15,16)(H2,11,13,17). The van der Waals surface area contributed by atoms with Crippen molar-refractivity contribution in [3.63, 3.8) is 0 Å². The summed E-state index contributed by atoms with van der Waals surface area (Å²) in [6.45, 7) is 3.49. The first kappa shape index (κ1) is 13.9. The van der Waals surface area contributed by atoms with E-state index in [9.17, 15) is 9.59 Å². The molecule has 0 aromatic carbocycles. The molecule has 3 N–H and O–H groups in total. The smallest absolute Gasteiger partial charge is 0.329 e. The third kappa shape index (κ3) is 3.19. The van der Waals surface area contributed by atoms with E-state index in [2.05, 4.69) is 25.3 Å². The van der Waals surface area contributed by atoms with Crippen molar-refractivity contribution in [3.05, 3.63) is 12.2 Å². The van der Waals surface area contributed by atoms with Gasteiger partial charge in [0.05, 0.1) is 6.54 Å². The van der Waals surface area contributed by atoms with Gasteiger partial charge in [-0.05, 0) is 12.8 Å². The normalized spacial score (nSPS) is 11.0. The van der Waals surface area contributed by atoms with Gasteiger partial charge in [0.15, 0.2) is 5.82 Å². The van der Waals surface area contributed by atoms with Gasteiger partial charge < -0.3 is 20.3 Å². The first-order valence-electron chi connectivity index (χ1n) is 5.58. The number of rotatable bonds is 6. The molecule has 0 unspecified atom stereocenters. The SMILES string of the molecule is CCC(CC)(NC(=O)NCc1ncon1)C(=O)O. The van der Waals surface area contributed by atoms with Crippen LogP contribution in [0.5, 0.6) is 0 Å². The molecular weight excluding hydrogens is 240 g/mol. The molecule has 0 fully saturated rings. The summed E-state index contributed by atoms with van der Waals surface area (Å²) in [5.41, 5.74) is -1.25. The molecule has 18 heavy (non-hydrogen) atoms. The number of nitrogens with one attached hydrogen (secondary N) is 2. The highest BCUT2D eigenvalue weighted by atomic mass is 16.5. The van der Waals surface area contributed by atoms with Gasteiger partial charge in [0, 0.05) is 0 Å². The zero-order valence-corrected chi connectivity index (χ0v) is 10.3. The third-order valence-electron chi connectivity index (χ3n) is 2.78. The maximum Gasteiger partial charge on any atom is 0.329 e. The van der Waals surface area contributed by atoms with Crippen LogP contribution < -0.4 is 10.6 Å². The van der Waals surface area contributed by atoms with Gasteiger partial charge in [0.25, 0.3) is 0 Å². The Kier molecular flexibility index (Phi) is 4.64. The van der Waals surface area contributed by atoms with Crippen molar-refractivity contribution in [1.29, 1.82) is 0 Å². The van der Waals surface area contributed by atoms with Crippen molar-refractivity contribution in [2.75, 3.05) is 0 Å². The van der Waals surface area contributed by atoms with Gasteiger partial charge in [-0.15, -0.1) is 0 Å². The van der Waals surface area contributed by atoms with Crippen LogP contribution in [0, 0.1) is 0 Å². The van der Waals surface area contributed by atoms with Gasteiger partial charge in [0.1, 0.15) is 5.54 Å². The van der Waals surface area contributed by atoms with Gasteiger partial charge in [-0.25, -0.2) is 9.59 Å². The van der Waals surface area contributed by atoms with Crippen molar-refractivity contribution in [2.24, 2.45) is 0 Å². The van der Waals surface area contributed by atoms with Gasteiger partial charge in [-0.3, -0.25) is 0 Å². The molecule has 0 bridgehead atoms. The van der Waals surface area contributed by atoms with Crippen LogP contribution in [0.3, 0.4) is 0 Å². The molecule has 8 heteroatoms. The maximum atomic E-state index is 11.6. The van der Waals surface area contributed by atoms with E-state index in [1.54, 1.807) is 13.8 Å². The summed E-state index contributed by atoms with van der Waals surface area (Å²) in [5.74, 6) is -0.735. The fourth-order valence-electron chi connectivity index (χ4n) is 1.47. The maximum absolute atomic E-state index is 11.6. The van der Waals surface area contributed by atoms with Gasteiger partial charge in [0.2, 0.25) is 6.39 Å². The topological polar surface area (TPSA) is 117 Å². The average Bonchev–Trinajstić information content (AvgIpc) is 2.86. The number of nitrogens with zero attached hydrogens (tertiary/aromatic N) is 2. The zero-order chi connectivity index (χ0) is 13.6. The second-order valence-corrected chi connectivity index (χ2v) is 3.75. The Morgan fingerprint density at radius 1 is 1.44 bits per heavy atom. The van der Waals surface area contributed by atoms with Crippen LogP contribution in [0.25, 0.3) is 0 Å². The van der Waals surface area contributed by atoms with Crippen LogP contribution in [0.15, 0.2) is 10.9 Å². The van der Waals surface area contributed by atoms with Crippen LogP contribution in [0.1, 0.15) is 32.5 Å². The van der Waals surface area contributed by atoms with Gasteiger partial charge >= 0.3 is 12.0 Å². The third-order valence-corrected chi connectivity index (χ3v) is 2.78. The number of carboxylic acid groups (broad SMARTS) is 1. The van der Waals surface area contributed by atoms with Crippen LogP contribution >= 0.6 is 0 Å². The second-order valence-electron chi connectivity index (χ2n) is 3.75. The number of hydrogen-bond donors (Lipinski definition) is 3. The van der Waals surface area contributed by atoms with Crippen molar-refractivity contribution in [2.45, 2.75) is 38.8 Å². The number of urea groups is 1. The summed E-state index contributed by atoms with van der Waals surface area (Å²) in [6, 6.07) is -0.578. The largest absolute Gasteiger partial charge is 0.480 e. The summed E-state index contributed by atoms with van der Waals surface area (Å²) < 4.78 is 4.50. The minimum absolute atomic E-state index is 0.0749. The monoisotopic (exact) mass is 256 g/mol. The van der Waals surface area contributed by atoms with Crippen molar-refractivity contribution in [3.8, 4) is 0 Å². The predicted molar refractivity (Wildman–Crippen MR) is 60.6 cm³/mol. The fourth-order valence-corrected chi connectivity index (χ4v) is 1.47. The average molecular weight is 256 g/mol. The van der Waals surface area contributed by atoms with E-state index < -0.39 is 17.5 Å². The molecular formula is C10H16N4O4. The number of aliphatic carboxylic acids is 1. The van der Waals surface area contributed by atoms with E-state index >= 15 is 0 Å². The quantitative estimate of drug-likeness (QED) is 0.682. The lowest BCUT2D eigenvalue weighted by Gasteiger charge is -2.27. The number of carbonyl (C=O) groups excluding carboxylic acids is 1. The Bertz CT molecular complexity index is 400. The van der Waals surface area contributed by atoms with Crippen molar-refractivity contribution < 1.29 is 19.2 Å². The van der Waals surface area contributed by atoms with E-state index in [1.165, 1.54) is 0 Å². The van der Waals surface area contributed by atoms with Gasteiger partial charge in [-0.2, -0.15) is 4.98 Å². The second kappa shape index (κ2) is 5.99. The summed E-state index contributed by atoms with van der Waals surface area (Å²) >= 11 is 0. The number of carboxylic acids is 1. The number of aromatic nitrogens is 2. The van der Waals surface area contributed by atoms with E-state index in [0.29, 0.717) is 18.7 Å². The van der Waals surface area contributed by atoms with Crippen molar-refractivity contribution in [1.82, 2.24) is 20.8 Å². The lowest BCUT2D eigenvalue weighted by atomic mass is 9.93.